The van der Waals surface area contributed by atoms with Crippen LogP contribution < -0.4 is 5.32 Å². The summed E-state index contributed by atoms with van der Waals surface area (Å²) in [6.07, 6.45) is 4.44. The lowest BCUT2D eigenvalue weighted by molar-refractivity contribution is 0.0436. The van der Waals surface area contributed by atoms with Crippen molar-refractivity contribution in [3.8, 4) is 11.6 Å². The molecule has 0 amide bonds. The molecule has 0 aromatic carbocycles. The number of halogens is 2. The van der Waals surface area contributed by atoms with E-state index in [2.05, 4.69) is 15.3 Å². The molecule has 2 aromatic heterocycles. The monoisotopic (exact) mass is 347 g/mol. The SMILES string of the molecule is Cc1nc(-c2nccn2CC2(O)CCNC2)n(C)c1C.Cl.Cl. The van der Waals surface area contributed by atoms with Crippen LogP contribution in [0.25, 0.3) is 11.6 Å². The lowest BCUT2D eigenvalue weighted by atomic mass is 10.0. The summed E-state index contributed by atoms with van der Waals surface area (Å²) in [5.74, 6) is 1.66. The van der Waals surface area contributed by atoms with Crippen LogP contribution in [0.2, 0.25) is 0 Å². The summed E-state index contributed by atoms with van der Waals surface area (Å²) in [6.45, 7) is 6.08. The molecule has 0 spiro atoms. The number of hydrogen-bond acceptors (Lipinski definition) is 4. The number of β-amino-alcohol motifs (C(OH)–C–C–N with tert-alkyl or cyclic N) is 1. The zero-order chi connectivity index (χ0) is 14.3. The molecule has 1 saturated heterocycles. The fourth-order valence-electron chi connectivity index (χ4n) is 2.74. The van der Waals surface area contributed by atoms with Crippen LogP contribution in [0.5, 0.6) is 0 Å². The summed E-state index contributed by atoms with van der Waals surface area (Å²) in [5.41, 5.74) is 1.46. The van der Waals surface area contributed by atoms with E-state index in [1.54, 1.807) is 6.20 Å². The molecule has 0 aliphatic carbocycles. The molecule has 2 aromatic rings. The minimum Gasteiger partial charge on any atom is -0.387 e. The van der Waals surface area contributed by atoms with Crippen LogP contribution in [0.15, 0.2) is 12.4 Å². The molecule has 1 unspecified atom stereocenters. The summed E-state index contributed by atoms with van der Waals surface area (Å²) in [5, 5.41) is 13.7. The maximum absolute atomic E-state index is 10.5. The number of aliphatic hydroxyl groups is 1. The largest absolute Gasteiger partial charge is 0.387 e. The van der Waals surface area contributed by atoms with Crippen molar-refractivity contribution in [3.63, 3.8) is 0 Å². The highest BCUT2D eigenvalue weighted by Crippen LogP contribution is 2.23. The molecular weight excluding hydrogens is 325 g/mol. The third-order valence-electron chi connectivity index (χ3n) is 4.22. The van der Waals surface area contributed by atoms with Gasteiger partial charge >= 0.3 is 0 Å². The first-order valence-corrected chi connectivity index (χ1v) is 6.95. The Bertz CT molecular complexity index is 631. The van der Waals surface area contributed by atoms with Gasteiger partial charge in [0, 0.05) is 31.7 Å². The number of aryl methyl sites for hydroxylation is 1. The third-order valence-corrected chi connectivity index (χ3v) is 4.22. The van der Waals surface area contributed by atoms with Crippen molar-refractivity contribution in [3.05, 3.63) is 23.8 Å². The van der Waals surface area contributed by atoms with Gasteiger partial charge in [0.2, 0.25) is 0 Å². The van der Waals surface area contributed by atoms with Crippen LogP contribution in [0.1, 0.15) is 17.8 Å². The predicted molar refractivity (Wildman–Crippen MR) is 90.8 cm³/mol. The Morgan fingerprint density at radius 1 is 1.32 bits per heavy atom. The van der Waals surface area contributed by atoms with Crippen LogP contribution in [0, 0.1) is 13.8 Å². The van der Waals surface area contributed by atoms with E-state index >= 15 is 0 Å². The molecule has 3 rings (SSSR count). The smallest absolute Gasteiger partial charge is 0.176 e. The fraction of sp³-hybridized carbons (Fsp3) is 0.571. The van der Waals surface area contributed by atoms with Gasteiger partial charge in [-0.2, -0.15) is 0 Å². The molecule has 3 heterocycles. The Balaban J connectivity index is 0.00000121. The Labute approximate surface area is 142 Å². The molecule has 1 aliphatic rings. The van der Waals surface area contributed by atoms with Crippen molar-refractivity contribution in [2.45, 2.75) is 32.4 Å². The Hall–Kier alpha value is -1.08. The fourth-order valence-corrected chi connectivity index (χ4v) is 2.74. The second-order valence-corrected chi connectivity index (χ2v) is 5.70. The number of imidazole rings is 2. The van der Waals surface area contributed by atoms with E-state index in [1.165, 1.54) is 0 Å². The van der Waals surface area contributed by atoms with Gasteiger partial charge in [-0.25, -0.2) is 9.97 Å². The lowest BCUT2D eigenvalue weighted by Gasteiger charge is -2.22. The lowest BCUT2D eigenvalue weighted by Crippen LogP contribution is -2.36. The second kappa shape index (κ2) is 7.00. The molecule has 2 N–H and O–H groups in total. The molecule has 0 radical (unpaired) electrons. The van der Waals surface area contributed by atoms with Crippen LogP contribution in [0.3, 0.4) is 0 Å². The molecule has 22 heavy (non-hydrogen) atoms. The van der Waals surface area contributed by atoms with E-state index in [0.717, 1.165) is 36.0 Å². The number of hydrogen-bond donors (Lipinski definition) is 2. The quantitative estimate of drug-likeness (QED) is 0.882. The van der Waals surface area contributed by atoms with Crippen LogP contribution in [0.4, 0.5) is 0 Å². The van der Waals surface area contributed by atoms with E-state index in [0.29, 0.717) is 13.1 Å². The first-order valence-electron chi connectivity index (χ1n) is 6.95. The molecule has 124 valence electrons. The van der Waals surface area contributed by atoms with Gasteiger partial charge in [0.25, 0.3) is 0 Å². The van der Waals surface area contributed by atoms with E-state index in [-0.39, 0.29) is 24.8 Å². The molecule has 1 aliphatic heterocycles. The van der Waals surface area contributed by atoms with Crippen molar-refractivity contribution < 1.29 is 5.11 Å². The van der Waals surface area contributed by atoms with Crippen LogP contribution >= 0.6 is 24.8 Å². The molecule has 8 heteroatoms. The topological polar surface area (TPSA) is 67.9 Å². The zero-order valence-electron chi connectivity index (χ0n) is 13.0. The highest BCUT2D eigenvalue weighted by molar-refractivity contribution is 5.85. The van der Waals surface area contributed by atoms with Gasteiger partial charge in [-0.3, -0.25) is 0 Å². The maximum atomic E-state index is 10.5. The number of rotatable bonds is 3. The molecule has 1 fully saturated rings. The van der Waals surface area contributed by atoms with Gasteiger partial charge in [-0.15, -0.1) is 24.8 Å². The van der Waals surface area contributed by atoms with Gasteiger partial charge in [-0.05, 0) is 26.8 Å². The van der Waals surface area contributed by atoms with E-state index in [1.807, 2.05) is 36.2 Å². The number of nitrogens with one attached hydrogen (secondary N) is 1. The van der Waals surface area contributed by atoms with E-state index < -0.39 is 5.60 Å². The Kier molecular flexibility index (Phi) is 6.03. The Morgan fingerprint density at radius 2 is 2.05 bits per heavy atom. The molecule has 0 bridgehead atoms. The van der Waals surface area contributed by atoms with Gasteiger partial charge in [0.1, 0.15) is 0 Å². The van der Waals surface area contributed by atoms with Gasteiger partial charge < -0.3 is 19.6 Å². The summed E-state index contributed by atoms with van der Waals surface area (Å²) >= 11 is 0. The summed E-state index contributed by atoms with van der Waals surface area (Å²) in [6, 6.07) is 0. The Morgan fingerprint density at radius 3 is 2.59 bits per heavy atom. The zero-order valence-corrected chi connectivity index (χ0v) is 14.7. The summed E-state index contributed by atoms with van der Waals surface area (Å²) in [4.78, 5) is 9.02. The molecular formula is C14H23Cl2N5O. The third kappa shape index (κ3) is 3.30. The molecule has 1 atom stereocenters. The van der Waals surface area contributed by atoms with Gasteiger partial charge in [0.15, 0.2) is 11.6 Å². The van der Waals surface area contributed by atoms with E-state index in [9.17, 15) is 5.11 Å². The van der Waals surface area contributed by atoms with Crippen LogP contribution in [-0.2, 0) is 13.6 Å². The first-order chi connectivity index (χ1) is 9.50. The van der Waals surface area contributed by atoms with Crippen molar-refractivity contribution in [2.75, 3.05) is 13.1 Å². The minimum absolute atomic E-state index is 0. The molecule has 0 saturated carbocycles. The summed E-state index contributed by atoms with van der Waals surface area (Å²) in [7, 11) is 2.00. The van der Waals surface area contributed by atoms with Crippen molar-refractivity contribution in [1.82, 2.24) is 24.4 Å². The van der Waals surface area contributed by atoms with Crippen molar-refractivity contribution >= 4 is 24.8 Å². The number of nitrogens with zero attached hydrogens (tertiary/aromatic N) is 4. The standard InChI is InChI=1S/C14H21N5O.2ClH/c1-10-11(2)18(3)13(17-10)12-16-6-7-19(12)9-14(20)4-5-15-8-14;;/h6-7,15,20H,4-5,8-9H2,1-3H3;2*1H. The highest BCUT2D eigenvalue weighted by Gasteiger charge is 2.32. The highest BCUT2D eigenvalue weighted by atomic mass is 35.5. The average Bonchev–Trinajstić information content (AvgIpc) is 3.08. The molecule has 6 nitrogen and oxygen atoms in total. The van der Waals surface area contributed by atoms with Crippen molar-refractivity contribution in [1.29, 1.82) is 0 Å². The normalized spacial score (nSPS) is 20.5. The average molecular weight is 348 g/mol. The second-order valence-electron chi connectivity index (χ2n) is 5.70. The van der Waals surface area contributed by atoms with E-state index in [4.69, 9.17) is 0 Å². The predicted octanol–water partition coefficient (Wildman–Crippen LogP) is 1.47. The maximum Gasteiger partial charge on any atom is 0.176 e. The van der Waals surface area contributed by atoms with Crippen LogP contribution in [-0.4, -0.2) is 42.9 Å². The minimum atomic E-state index is -0.690. The number of aromatic nitrogens is 4. The summed E-state index contributed by atoms with van der Waals surface area (Å²) < 4.78 is 4.04. The van der Waals surface area contributed by atoms with Gasteiger partial charge in [-0.1, -0.05) is 0 Å². The van der Waals surface area contributed by atoms with Gasteiger partial charge in [0.05, 0.1) is 17.8 Å². The van der Waals surface area contributed by atoms with Crippen molar-refractivity contribution in [2.24, 2.45) is 7.05 Å². The first kappa shape index (κ1) is 19.0.